The summed E-state index contributed by atoms with van der Waals surface area (Å²) in [5.41, 5.74) is -0.0978. The lowest BCUT2D eigenvalue weighted by Crippen LogP contribution is -2.17. The van der Waals surface area contributed by atoms with E-state index in [4.69, 9.17) is 16.3 Å². The number of halogens is 1. The second kappa shape index (κ2) is 4.60. The van der Waals surface area contributed by atoms with Gasteiger partial charge in [0.1, 0.15) is 0 Å². The minimum atomic E-state index is -0.0978. The van der Waals surface area contributed by atoms with Gasteiger partial charge in [-0.05, 0) is 27.7 Å². The Labute approximate surface area is 73.6 Å². The molecule has 0 aromatic rings. The highest BCUT2D eigenvalue weighted by Crippen LogP contribution is 2.07. The van der Waals surface area contributed by atoms with E-state index in [-0.39, 0.29) is 5.54 Å². The molecule has 11 heavy (non-hydrogen) atoms. The quantitative estimate of drug-likeness (QED) is 0.361. The van der Waals surface area contributed by atoms with Gasteiger partial charge in [0.2, 0.25) is 0 Å². The lowest BCUT2D eigenvalue weighted by atomic mass is 10.1. The monoisotopic (exact) mass is 177 g/mol. The first-order valence-electron chi connectivity index (χ1n) is 3.77. The Morgan fingerprint density at radius 3 is 2.27 bits per heavy atom. The minimum Gasteiger partial charge on any atom is -0.480 e. The zero-order valence-corrected chi connectivity index (χ0v) is 8.40. The number of aliphatic imine (C=N–C) groups is 1. The molecular formula is C8H16ClNO. The number of ether oxygens (including phenoxy) is 1. The molecule has 0 spiro atoms. The van der Waals surface area contributed by atoms with Gasteiger partial charge in [-0.1, -0.05) is 0 Å². The Morgan fingerprint density at radius 2 is 2.00 bits per heavy atom. The van der Waals surface area contributed by atoms with Gasteiger partial charge in [0, 0.05) is 0 Å². The molecule has 0 fully saturated rings. The van der Waals surface area contributed by atoms with Gasteiger partial charge in [0.05, 0.1) is 18.0 Å². The van der Waals surface area contributed by atoms with E-state index in [0.29, 0.717) is 18.4 Å². The predicted molar refractivity (Wildman–Crippen MR) is 49.5 cm³/mol. The SMILES string of the molecule is CCOC(CCl)=NC(C)(C)C. The molecule has 0 aliphatic heterocycles. The molecule has 0 amide bonds. The molecule has 0 aliphatic rings. The van der Waals surface area contributed by atoms with Crippen LogP contribution in [0.1, 0.15) is 27.7 Å². The third-order valence-electron chi connectivity index (χ3n) is 0.885. The molecule has 0 rings (SSSR count). The zero-order chi connectivity index (χ0) is 8.91. The summed E-state index contributed by atoms with van der Waals surface area (Å²) >= 11 is 5.60. The van der Waals surface area contributed by atoms with Gasteiger partial charge in [-0.15, -0.1) is 11.6 Å². The van der Waals surface area contributed by atoms with E-state index in [9.17, 15) is 0 Å². The van der Waals surface area contributed by atoms with Crippen LogP contribution in [0.15, 0.2) is 4.99 Å². The number of hydrogen-bond acceptors (Lipinski definition) is 2. The first-order chi connectivity index (χ1) is 4.99. The maximum absolute atomic E-state index is 5.60. The van der Waals surface area contributed by atoms with Gasteiger partial charge >= 0.3 is 0 Å². The van der Waals surface area contributed by atoms with E-state index in [1.807, 2.05) is 27.7 Å². The second-order valence-corrected chi connectivity index (χ2v) is 3.51. The van der Waals surface area contributed by atoms with Crippen molar-refractivity contribution in [2.45, 2.75) is 33.2 Å². The van der Waals surface area contributed by atoms with Crippen LogP contribution in [0.3, 0.4) is 0 Å². The Balaban J connectivity index is 4.11. The second-order valence-electron chi connectivity index (χ2n) is 3.24. The van der Waals surface area contributed by atoms with Crippen LogP contribution < -0.4 is 0 Å². The van der Waals surface area contributed by atoms with Crippen molar-refractivity contribution in [3.05, 3.63) is 0 Å². The van der Waals surface area contributed by atoms with Crippen molar-refractivity contribution < 1.29 is 4.74 Å². The fourth-order valence-corrected chi connectivity index (χ4v) is 0.778. The van der Waals surface area contributed by atoms with E-state index < -0.39 is 0 Å². The molecule has 0 aromatic carbocycles. The van der Waals surface area contributed by atoms with Gasteiger partial charge < -0.3 is 4.74 Å². The molecule has 0 atom stereocenters. The molecule has 0 bridgehead atoms. The van der Waals surface area contributed by atoms with E-state index in [1.54, 1.807) is 0 Å². The summed E-state index contributed by atoms with van der Waals surface area (Å²) in [4.78, 5) is 4.28. The highest BCUT2D eigenvalue weighted by Gasteiger charge is 2.09. The molecule has 0 aliphatic carbocycles. The molecule has 3 heteroatoms. The van der Waals surface area contributed by atoms with E-state index in [1.165, 1.54) is 0 Å². The van der Waals surface area contributed by atoms with Crippen molar-refractivity contribution in [2.75, 3.05) is 12.5 Å². The van der Waals surface area contributed by atoms with Crippen LogP contribution >= 0.6 is 11.6 Å². The van der Waals surface area contributed by atoms with Crippen LogP contribution in [0.4, 0.5) is 0 Å². The van der Waals surface area contributed by atoms with Gasteiger partial charge in [0.15, 0.2) is 5.90 Å². The summed E-state index contributed by atoms with van der Waals surface area (Å²) in [5.74, 6) is 0.979. The van der Waals surface area contributed by atoms with Crippen LogP contribution in [0.5, 0.6) is 0 Å². The number of alkyl halides is 1. The minimum absolute atomic E-state index is 0.0978. The summed E-state index contributed by atoms with van der Waals surface area (Å²) in [7, 11) is 0. The molecule has 0 heterocycles. The predicted octanol–water partition coefficient (Wildman–Crippen LogP) is 2.46. The van der Waals surface area contributed by atoms with E-state index >= 15 is 0 Å². The Kier molecular flexibility index (Phi) is 4.50. The highest BCUT2D eigenvalue weighted by molar-refractivity contribution is 6.27. The largest absolute Gasteiger partial charge is 0.480 e. The smallest absolute Gasteiger partial charge is 0.199 e. The lowest BCUT2D eigenvalue weighted by molar-refractivity contribution is 0.318. The Bertz CT molecular complexity index is 138. The fraction of sp³-hybridized carbons (Fsp3) is 0.875. The standard InChI is InChI=1S/C8H16ClNO/c1-5-11-7(6-9)10-8(2,3)4/h5-6H2,1-4H3. The third-order valence-corrected chi connectivity index (χ3v) is 1.11. The van der Waals surface area contributed by atoms with Crippen LogP contribution in [0, 0.1) is 0 Å². The first kappa shape index (κ1) is 10.8. The molecule has 0 N–H and O–H groups in total. The van der Waals surface area contributed by atoms with Crippen molar-refractivity contribution in [1.82, 2.24) is 0 Å². The molecule has 0 saturated carbocycles. The molecule has 0 radical (unpaired) electrons. The van der Waals surface area contributed by atoms with Crippen molar-refractivity contribution >= 4 is 17.5 Å². The van der Waals surface area contributed by atoms with E-state index in [0.717, 1.165) is 0 Å². The molecule has 0 unspecified atom stereocenters. The molecule has 66 valence electrons. The summed E-state index contributed by atoms with van der Waals surface area (Å²) in [5, 5.41) is 0. The van der Waals surface area contributed by atoms with Gasteiger partial charge in [-0.3, -0.25) is 0 Å². The highest BCUT2D eigenvalue weighted by atomic mass is 35.5. The summed E-state index contributed by atoms with van der Waals surface area (Å²) in [6.07, 6.45) is 0. The number of rotatable bonds is 2. The third kappa shape index (κ3) is 6.17. The van der Waals surface area contributed by atoms with Crippen LogP contribution in [-0.2, 0) is 4.74 Å². The average molecular weight is 178 g/mol. The van der Waals surface area contributed by atoms with Crippen LogP contribution in [0.25, 0.3) is 0 Å². The first-order valence-corrected chi connectivity index (χ1v) is 4.30. The van der Waals surface area contributed by atoms with Crippen LogP contribution in [-0.4, -0.2) is 23.9 Å². The Hall–Kier alpha value is -0.240. The number of hydrogen-bond donors (Lipinski definition) is 0. The summed E-state index contributed by atoms with van der Waals surface area (Å²) in [6.45, 7) is 8.59. The van der Waals surface area contributed by atoms with E-state index in [2.05, 4.69) is 4.99 Å². The van der Waals surface area contributed by atoms with Crippen molar-refractivity contribution in [1.29, 1.82) is 0 Å². The lowest BCUT2D eigenvalue weighted by Gasteiger charge is -2.14. The average Bonchev–Trinajstić information content (AvgIpc) is 1.84. The molecular weight excluding hydrogens is 162 g/mol. The van der Waals surface area contributed by atoms with Crippen LogP contribution in [0.2, 0.25) is 0 Å². The van der Waals surface area contributed by atoms with Crippen molar-refractivity contribution in [3.63, 3.8) is 0 Å². The van der Waals surface area contributed by atoms with Crippen molar-refractivity contribution in [2.24, 2.45) is 4.99 Å². The Morgan fingerprint density at radius 1 is 1.45 bits per heavy atom. The molecule has 2 nitrogen and oxygen atoms in total. The van der Waals surface area contributed by atoms with Crippen molar-refractivity contribution in [3.8, 4) is 0 Å². The summed E-state index contributed by atoms with van der Waals surface area (Å²) < 4.78 is 5.19. The maximum Gasteiger partial charge on any atom is 0.199 e. The zero-order valence-electron chi connectivity index (χ0n) is 7.65. The summed E-state index contributed by atoms with van der Waals surface area (Å²) in [6, 6.07) is 0. The topological polar surface area (TPSA) is 21.6 Å². The van der Waals surface area contributed by atoms with Gasteiger partial charge in [-0.25, -0.2) is 4.99 Å². The van der Waals surface area contributed by atoms with Gasteiger partial charge in [0.25, 0.3) is 0 Å². The molecule has 0 aromatic heterocycles. The maximum atomic E-state index is 5.60. The van der Waals surface area contributed by atoms with Gasteiger partial charge in [-0.2, -0.15) is 0 Å². The number of nitrogens with zero attached hydrogens (tertiary/aromatic N) is 1. The fourth-order valence-electron chi connectivity index (χ4n) is 0.641. The normalized spacial score (nSPS) is 13.4. The molecule has 0 saturated heterocycles.